The molecule has 0 heterocycles. The summed E-state index contributed by atoms with van der Waals surface area (Å²) in [4.78, 5) is 14.1. The number of hydrogen-bond acceptors (Lipinski definition) is 3. The Labute approximate surface area is 162 Å². The zero-order valence-corrected chi connectivity index (χ0v) is 15.7. The van der Waals surface area contributed by atoms with Crippen LogP contribution < -0.4 is 0 Å². The lowest BCUT2D eigenvalue weighted by molar-refractivity contribution is 0.103. The van der Waals surface area contributed by atoms with Crippen LogP contribution in [0.1, 0.15) is 33.2 Å². The van der Waals surface area contributed by atoms with Gasteiger partial charge in [0.25, 0.3) is 0 Å². The molecule has 2 nitrogen and oxygen atoms in total. The predicted molar refractivity (Wildman–Crippen MR) is 108 cm³/mol. The van der Waals surface area contributed by atoms with Gasteiger partial charge in [0, 0.05) is 32.9 Å². The number of aliphatic hydroxyl groups excluding tert-OH is 1. The highest BCUT2D eigenvalue weighted by Crippen LogP contribution is 2.40. The van der Waals surface area contributed by atoms with Gasteiger partial charge in [0.15, 0.2) is 5.78 Å². The van der Waals surface area contributed by atoms with Crippen molar-refractivity contribution in [1.82, 2.24) is 0 Å². The maximum absolute atomic E-state index is 13.1. The van der Waals surface area contributed by atoms with Crippen LogP contribution in [0, 0.1) is 0 Å². The van der Waals surface area contributed by atoms with Crippen molar-refractivity contribution < 1.29 is 9.90 Å². The Morgan fingerprint density at radius 3 is 2.27 bits per heavy atom. The van der Waals surface area contributed by atoms with Crippen LogP contribution >= 0.6 is 23.4 Å². The van der Waals surface area contributed by atoms with Crippen LogP contribution in [-0.2, 0) is 0 Å². The lowest BCUT2D eigenvalue weighted by Crippen LogP contribution is -2.09. The third-order valence-electron chi connectivity index (χ3n) is 4.06. The molecule has 3 rings (SSSR count). The minimum absolute atomic E-state index is 0.0395. The van der Waals surface area contributed by atoms with Gasteiger partial charge in [-0.2, -0.15) is 0 Å². The highest BCUT2D eigenvalue weighted by Gasteiger charge is 2.21. The molecule has 0 bridgehead atoms. The third kappa shape index (κ3) is 4.55. The first-order valence-electron chi connectivity index (χ1n) is 8.41. The number of carbonyl (C=O) groups is 1. The van der Waals surface area contributed by atoms with Gasteiger partial charge in [-0.25, -0.2) is 0 Å². The number of rotatable bonds is 7. The highest BCUT2D eigenvalue weighted by atomic mass is 35.5. The van der Waals surface area contributed by atoms with Crippen molar-refractivity contribution in [1.29, 1.82) is 0 Å². The summed E-state index contributed by atoms with van der Waals surface area (Å²) >= 11 is 7.83. The van der Waals surface area contributed by atoms with E-state index < -0.39 is 0 Å². The molecule has 26 heavy (non-hydrogen) atoms. The molecule has 0 aliphatic heterocycles. The highest BCUT2D eigenvalue weighted by molar-refractivity contribution is 7.99. The van der Waals surface area contributed by atoms with Crippen molar-refractivity contribution in [2.75, 3.05) is 6.61 Å². The Morgan fingerprint density at radius 2 is 1.62 bits per heavy atom. The first-order chi connectivity index (χ1) is 12.7. The second-order valence-electron chi connectivity index (χ2n) is 5.86. The second kappa shape index (κ2) is 9.04. The van der Waals surface area contributed by atoms with Crippen LogP contribution in [0.2, 0.25) is 5.02 Å². The van der Waals surface area contributed by atoms with Crippen LogP contribution in [-0.4, -0.2) is 17.5 Å². The molecule has 0 saturated heterocycles. The van der Waals surface area contributed by atoms with Crippen molar-refractivity contribution in [3.05, 3.63) is 101 Å². The van der Waals surface area contributed by atoms with E-state index in [1.54, 1.807) is 36.0 Å². The second-order valence-corrected chi connectivity index (χ2v) is 7.57. The van der Waals surface area contributed by atoms with Gasteiger partial charge in [0.2, 0.25) is 0 Å². The van der Waals surface area contributed by atoms with E-state index in [1.165, 1.54) is 0 Å². The van der Waals surface area contributed by atoms with Crippen molar-refractivity contribution in [2.45, 2.75) is 16.6 Å². The van der Waals surface area contributed by atoms with Gasteiger partial charge in [0.1, 0.15) is 0 Å². The Bertz CT molecular complexity index is 866. The van der Waals surface area contributed by atoms with Crippen molar-refractivity contribution in [3.63, 3.8) is 0 Å². The molecule has 1 unspecified atom stereocenters. The first-order valence-corrected chi connectivity index (χ1v) is 9.66. The van der Waals surface area contributed by atoms with E-state index in [0.717, 1.165) is 10.5 Å². The lowest BCUT2D eigenvalue weighted by Gasteiger charge is -2.19. The minimum Gasteiger partial charge on any atom is -0.396 e. The molecule has 0 aliphatic carbocycles. The molecule has 0 radical (unpaired) electrons. The fourth-order valence-electron chi connectivity index (χ4n) is 2.81. The summed E-state index contributed by atoms with van der Waals surface area (Å²) in [6.45, 7) is 0.0477. The molecule has 3 aromatic rings. The summed E-state index contributed by atoms with van der Waals surface area (Å²) in [7, 11) is 0. The molecule has 3 aromatic carbocycles. The van der Waals surface area contributed by atoms with Crippen molar-refractivity contribution >= 4 is 29.1 Å². The average Bonchev–Trinajstić information content (AvgIpc) is 2.68. The molecule has 0 aliphatic rings. The zero-order chi connectivity index (χ0) is 18.4. The monoisotopic (exact) mass is 382 g/mol. The van der Waals surface area contributed by atoms with Crippen LogP contribution in [0.15, 0.2) is 83.8 Å². The molecule has 4 heteroatoms. The fourth-order valence-corrected chi connectivity index (χ4v) is 4.18. The van der Waals surface area contributed by atoms with Gasteiger partial charge in [-0.05, 0) is 36.2 Å². The van der Waals surface area contributed by atoms with Gasteiger partial charge in [-0.1, -0.05) is 66.2 Å². The Hall–Kier alpha value is -2.07. The van der Waals surface area contributed by atoms with E-state index in [2.05, 4.69) is 0 Å². The van der Waals surface area contributed by atoms with Crippen LogP contribution in [0.3, 0.4) is 0 Å². The number of hydrogen-bond donors (Lipinski definition) is 1. The van der Waals surface area contributed by atoms with Gasteiger partial charge in [0.05, 0.1) is 0 Å². The summed E-state index contributed by atoms with van der Waals surface area (Å²) in [5.74, 6) is -0.0558. The van der Waals surface area contributed by atoms with E-state index in [-0.39, 0.29) is 17.6 Å². The smallest absolute Gasteiger partial charge is 0.193 e. The summed E-state index contributed by atoms with van der Waals surface area (Å²) in [5.41, 5.74) is 2.11. The van der Waals surface area contributed by atoms with E-state index in [9.17, 15) is 9.90 Å². The summed E-state index contributed by atoms with van der Waals surface area (Å²) in [5, 5.41) is 10.0. The molecule has 132 valence electrons. The van der Waals surface area contributed by atoms with Gasteiger partial charge >= 0.3 is 0 Å². The topological polar surface area (TPSA) is 37.3 Å². The molecular formula is C22H19ClO2S. The molecular weight excluding hydrogens is 364 g/mol. The quantitative estimate of drug-likeness (QED) is 0.415. The molecule has 0 saturated carbocycles. The number of aliphatic hydroxyl groups is 1. The number of ketones is 1. The van der Waals surface area contributed by atoms with Crippen LogP contribution in [0.25, 0.3) is 0 Å². The van der Waals surface area contributed by atoms with E-state index >= 15 is 0 Å². The van der Waals surface area contributed by atoms with Gasteiger partial charge < -0.3 is 5.11 Å². The minimum atomic E-state index is -0.0558. The Morgan fingerprint density at radius 1 is 0.962 bits per heavy atom. The Balaban J connectivity index is 2.00. The summed E-state index contributed by atoms with van der Waals surface area (Å²) < 4.78 is 0. The van der Waals surface area contributed by atoms with E-state index in [0.29, 0.717) is 22.6 Å². The standard InChI is InChI=1S/C22H19ClO2S/c23-17-11-12-19(20(15-17)22(25)16-7-3-1-4-8-16)21(13-14-24)26-18-9-5-2-6-10-18/h1-12,15,21,24H,13-14H2. The summed E-state index contributed by atoms with van der Waals surface area (Å²) in [6.07, 6.45) is 0.552. The number of carbonyl (C=O) groups excluding carboxylic acids is 1. The fraction of sp³-hybridized carbons (Fsp3) is 0.136. The molecule has 1 N–H and O–H groups in total. The van der Waals surface area contributed by atoms with E-state index in [1.807, 2.05) is 54.6 Å². The molecule has 0 aromatic heterocycles. The maximum Gasteiger partial charge on any atom is 0.193 e. The molecule has 1 atom stereocenters. The lowest BCUT2D eigenvalue weighted by atomic mass is 9.95. The molecule has 0 spiro atoms. The predicted octanol–water partition coefficient (Wildman–Crippen LogP) is 5.79. The average molecular weight is 383 g/mol. The van der Waals surface area contributed by atoms with Gasteiger partial charge in [-0.15, -0.1) is 11.8 Å². The van der Waals surface area contributed by atoms with Crippen molar-refractivity contribution in [2.24, 2.45) is 0 Å². The number of benzene rings is 3. The van der Waals surface area contributed by atoms with Crippen LogP contribution in [0.5, 0.6) is 0 Å². The number of halogens is 1. The first kappa shape index (κ1) is 18.7. The normalized spacial score (nSPS) is 11.9. The van der Waals surface area contributed by atoms with E-state index in [4.69, 9.17) is 11.6 Å². The van der Waals surface area contributed by atoms with Gasteiger partial charge in [-0.3, -0.25) is 4.79 Å². The van der Waals surface area contributed by atoms with Crippen molar-refractivity contribution in [3.8, 4) is 0 Å². The molecule has 0 amide bonds. The molecule has 0 fully saturated rings. The summed E-state index contributed by atoms with van der Waals surface area (Å²) in [6, 6.07) is 24.6. The largest absolute Gasteiger partial charge is 0.396 e. The number of thioether (sulfide) groups is 1. The third-order valence-corrected chi connectivity index (χ3v) is 5.61. The zero-order valence-electron chi connectivity index (χ0n) is 14.1. The SMILES string of the molecule is O=C(c1ccccc1)c1cc(Cl)ccc1C(CCO)Sc1ccccc1. The Kier molecular flexibility index (Phi) is 6.51. The van der Waals surface area contributed by atoms with Crippen LogP contribution in [0.4, 0.5) is 0 Å². The maximum atomic E-state index is 13.1.